The topological polar surface area (TPSA) is 80.3 Å². The van der Waals surface area contributed by atoms with Crippen LogP contribution in [0.15, 0.2) is 23.0 Å². The lowest BCUT2D eigenvalue weighted by Crippen LogP contribution is -2.37. The molecule has 0 bridgehead atoms. The van der Waals surface area contributed by atoms with Gasteiger partial charge in [-0.1, -0.05) is 19.0 Å². The van der Waals surface area contributed by atoms with E-state index in [0.29, 0.717) is 24.9 Å². The first-order valence-electron chi connectivity index (χ1n) is 8.89. The summed E-state index contributed by atoms with van der Waals surface area (Å²) in [6.07, 6.45) is 5.26. The number of aromatic nitrogens is 4. The molecular formula is C17H26N6O2. The maximum absolute atomic E-state index is 12.4. The monoisotopic (exact) mass is 346 g/mol. The van der Waals surface area contributed by atoms with Crippen LogP contribution in [-0.4, -0.2) is 61.8 Å². The van der Waals surface area contributed by atoms with Gasteiger partial charge in [0.05, 0.1) is 6.54 Å². The van der Waals surface area contributed by atoms with Gasteiger partial charge >= 0.3 is 0 Å². The molecule has 1 saturated heterocycles. The highest BCUT2D eigenvalue weighted by Crippen LogP contribution is 2.10. The Bertz CT molecular complexity index is 666. The summed E-state index contributed by atoms with van der Waals surface area (Å²) in [7, 11) is 0. The lowest BCUT2D eigenvalue weighted by Gasteiger charge is -2.21. The van der Waals surface area contributed by atoms with Gasteiger partial charge in [-0.15, -0.1) is 0 Å². The normalized spacial score (nSPS) is 16.4. The van der Waals surface area contributed by atoms with E-state index in [2.05, 4.69) is 34.0 Å². The summed E-state index contributed by atoms with van der Waals surface area (Å²) in [5.74, 6) is 2.05. The molecule has 0 unspecified atom stereocenters. The number of rotatable bonds is 6. The molecule has 8 nitrogen and oxygen atoms in total. The van der Waals surface area contributed by atoms with Crippen LogP contribution < -0.4 is 0 Å². The first-order chi connectivity index (χ1) is 12.1. The minimum Gasteiger partial charge on any atom is -0.340 e. The summed E-state index contributed by atoms with van der Waals surface area (Å²) in [4.78, 5) is 21.1. The number of carbonyl (C=O) groups excluding carboxylic acids is 1. The molecule has 1 aliphatic rings. The maximum Gasteiger partial charge on any atom is 0.244 e. The van der Waals surface area contributed by atoms with Crippen LogP contribution in [0.3, 0.4) is 0 Å². The molecule has 0 atom stereocenters. The van der Waals surface area contributed by atoms with Crippen molar-refractivity contribution < 1.29 is 9.32 Å². The third kappa shape index (κ3) is 5.12. The van der Waals surface area contributed by atoms with Crippen molar-refractivity contribution in [2.24, 2.45) is 5.92 Å². The summed E-state index contributed by atoms with van der Waals surface area (Å²) in [5.41, 5.74) is 0. The molecule has 1 fully saturated rings. The number of nitrogens with zero attached hydrogens (tertiary/aromatic N) is 6. The molecule has 0 aliphatic carbocycles. The fraction of sp³-hybridized carbons (Fsp3) is 0.647. The molecule has 1 aliphatic heterocycles. The predicted octanol–water partition coefficient (Wildman–Crippen LogP) is 1.20. The molecule has 3 heterocycles. The third-order valence-electron chi connectivity index (χ3n) is 4.26. The quantitative estimate of drug-likeness (QED) is 0.782. The van der Waals surface area contributed by atoms with Gasteiger partial charge in [-0.05, 0) is 18.4 Å². The van der Waals surface area contributed by atoms with Crippen molar-refractivity contribution in [2.45, 2.75) is 39.8 Å². The Morgan fingerprint density at radius 2 is 2.16 bits per heavy atom. The molecule has 2 aromatic heterocycles. The Labute approximate surface area is 147 Å². The molecule has 3 rings (SSSR count). The van der Waals surface area contributed by atoms with Gasteiger partial charge in [0, 0.05) is 45.0 Å². The van der Waals surface area contributed by atoms with Gasteiger partial charge in [0.2, 0.25) is 11.8 Å². The van der Waals surface area contributed by atoms with Crippen LogP contribution in [0.25, 0.3) is 0 Å². The van der Waals surface area contributed by atoms with Crippen LogP contribution in [-0.2, 0) is 24.3 Å². The molecule has 136 valence electrons. The number of hydrogen-bond donors (Lipinski definition) is 0. The second-order valence-electron chi connectivity index (χ2n) is 6.92. The lowest BCUT2D eigenvalue weighted by molar-refractivity contribution is -0.131. The average Bonchev–Trinajstić information content (AvgIpc) is 3.15. The molecule has 25 heavy (non-hydrogen) atoms. The fourth-order valence-electron chi connectivity index (χ4n) is 3.00. The Balaban J connectivity index is 1.49. The second-order valence-corrected chi connectivity index (χ2v) is 6.92. The van der Waals surface area contributed by atoms with Crippen LogP contribution in [0.2, 0.25) is 0 Å². The van der Waals surface area contributed by atoms with E-state index in [9.17, 15) is 4.79 Å². The molecule has 8 heteroatoms. The maximum atomic E-state index is 12.4. The standard InChI is InChI=1S/C17H26N6O2/c1-14(2)11-16-19-15(20-25-16)12-21-6-4-7-22(10-9-21)17(24)13-23-8-3-5-18-23/h3,5,8,14H,4,6-7,9-13H2,1-2H3. The van der Waals surface area contributed by atoms with E-state index in [1.807, 2.05) is 17.2 Å². The Kier molecular flexibility index (Phi) is 5.80. The highest BCUT2D eigenvalue weighted by atomic mass is 16.5. The summed E-state index contributed by atoms with van der Waals surface area (Å²) < 4.78 is 6.97. The van der Waals surface area contributed by atoms with Crippen molar-refractivity contribution >= 4 is 5.91 Å². The Morgan fingerprint density at radius 1 is 1.28 bits per heavy atom. The zero-order chi connectivity index (χ0) is 17.6. The first kappa shape index (κ1) is 17.6. The van der Waals surface area contributed by atoms with Gasteiger partial charge in [0.25, 0.3) is 0 Å². The summed E-state index contributed by atoms with van der Waals surface area (Å²) >= 11 is 0. The molecule has 0 aromatic carbocycles. The van der Waals surface area contributed by atoms with Gasteiger partial charge in [0.1, 0.15) is 6.54 Å². The van der Waals surface area contributed by atoms with Gasteiger partial charge < -0.3 is 9.42 Å². The number of hydrogen-bond acceptors (Lipinski definition) is 6. The average molecular weight is 346 g/mol. The highest BCUT2D eigenvalue weighted by molar-refractivity contribution is 5.75. The molecule has 0 spiro atoms. The van der Waals surface area contributed by atoms with Gasteiger partial charge in [-0.2, -0.15) is 10.1 Å². The highest BCUT2D eigenvalue weighted by Gasteiger charge is 2.20. The predicted molar refractivity (Wildman–Crippen MR) is 91.5 cm³/mol. The molecule has 2 aromatic rings. The van der Waals surface area contributed by atoms with E-state index in [0.717, 1.165) is 44.8 Å². The van der Waals surface area contributed by atoms with Gasteiger partial charge in [-0.3, -0.25) is 14.4 Å². The van der Waals surface area contributed by atoms with E-state index in [-0.39, 0.29) is 5.91 Å². The van der Waals surface area contributed by atoms with E-state index >= 15 is 0 Å². The number of carbonyl (C=O) groups is 1. The summed E-state index contributed by atoms with van der Waals surface area (Å²) in [6, 6.07) is 1.83. The zero-order valence-corrected chi connectivity index (χ0v) is 15.0. The van der Waals surface area contributed by atoms with Crippen LogP contribution in [0, 0.1) is 5.92 Å². The smallest absolute Gasteiger partial charge is 0.244 e. The van der Waals surface area contributed by atoms with E-state index in [1.165, 1.54) is 0 Å². The minimum atomic E-state index is 0.115. The molecule has 0 saturated carbocycles. The second kappa shape index (κ2) is 8.24. The Morgan fingerprint density at radius 3 is 2.92 bits per heavy atom. The molecule has 0 N–H and O–H groups in total. The third-order valence-corrected chi connectivity index (χ3v) is 4.26. The van der Waals surface area contributed by atoms with Crippen LogP contribution in [0.5, 0.6) is 0 Å². The van der Waals surface area contributed by atoms with Gasteiger partial charge in [0.15, 0.2) is 5.82 Å². The molecule has 1 amide bonds. The van der Waals surface area contributed by atoms with Crippen molar-refractivity contribution in [3.63, 3.8) is 0 Å². The largest absolute Gasteiger partial charge is 0.340 e. The van der Waals surface area contributed by atoms with E-state index < -0.39 is 0 Å². The lowest BCUT2D eigenvalue weighted by atomic mass is 10.1. The van der Waals surface area contributed by atoms with Crippen molar-refractivity contribution in [3.05, 3.63) is 30.2 Å². The van der Waals surface area contributed by atoms with E-state index in [1.54, 1.807) is 10.9 Å². The van der Waals surface area contributed by atoms with Crippen LogP contribution >= 0.6 is 0 Å². The van der Waals surface area contributed by atoms with Crippen molar-refractivity contribution in [3.8, 4) is 0 Å². The van der Waals surface area contributed by atoms with Crippen molar-refractivity contribution in [2.75, 3.05) is 26.2 Å². The van der Waals surface area contributed by atoms with Crippen molar-refractivity contribution in [1.82, 2.24) is 29.7 Å². The van der Waals surface area contributed by atoms with E-state index in [4.69, 9.17) is 4.52 Å². The zero-order valence-electron chi connectivity index (χ0n) is 15.0. The minimum absolute atomic E-state index is 0.115. The van der Waals surface area contributed by atoms with Crippen molar-refractivity contribution in [1.29, 1.82) is 0 Å². The summed E-state index contributed by atoms with van der Waals surface area (Å²) in [6.45, 7) is 8.48. The van der Waals surface area contributed by atoms with Crippen LogP contribution in [0.4, 0.5) is 0 Å². The SMILES string of the molecule is CC(C)Cc1nc(CN2CCCN(C(=O)Cn3cccn3)CC2)no1. The van der Waals surface area contributed by atoms with Gasteiger partial charge in [-0.25, -0.2) is 0 Å². The van der Waals surface area contributed by atoms with Crippen LogP contribution in [0.1, 0.15) is 32.0 Å². The Hall–Kier alpha value is -2.22. The fourth-order valence-corrected chi connectivity index (χ4v) is 3.00. The molecule has 0 radical (unpaired) electrons. The summed E-state index contributed by atoms with van der Waals surface area (Å²) in [5, 5.41) is 8.18. The number of amides is 1. The first-order valence-corrected chi connectivity index (χ1v) is 8.89. The molecular weight excluding hydrogens is 320 g/mol.